The van der Waals surface area contributed by atoms with Gasteiger partial charge in [-0.15, -0.1) is 11.3 Å². The van der Waals surface area contributed by atoms with E-state index in [4.69, 9.17) is 16.9 Å². The predicted molar refractivity (Wildman–Crippen MR) is 110 cm³/mol. The molecule has 2 N–H and O–H groups in total. The lowest BCUT2D eigenvalue weighted by molar-refractivity contribution is -0.122. The second-order valence-corrected chi connectivity index (χ2v) is 7.33. The molecule has 29 heavy (non-hydrogen) atoms. The summed E-state index contributed by atoms with van der Waals surface area (Å²) in [6, 6.07) is 11.6. The minimum Gasteiger partial charge on any atom is -0.341 e. The third kappa shape index (κ3) is 5.38. The number of nitriles is 1. The van der Waals surface area contributed by atoms with Crippen LogP contribution in [-0.2, 0) is 11.2 Å². The van der Waals surface area contributed by atoms with Crippen molar-refractivity contribution in [3.63, 3.8) is 0 Å². The number of nitrogens with zero attached hydrogens (tertiary/aromatic N) is 3. The molecule has 0 radical (unpaired) electrons. The normalized spacial score (nSPS) is 11.3. The summed E-state index contributed by atoms with van der Waals surface area (Å²) in [6.45, 7) is -0.142. The van der Waals surface area contributed by atoms with Crippen LogP contribution in [0.3, 0.4) is 0 Å². The molecule has 2 aromatic heterocycles. The number of carbonyl (C=O) groups is 2. The molecule has 0 spiro atoms. The Balaban J connectivity index is 1.74. The Kier molecular flexibility index (Phi) is 6.89. The van der Waals surface area contributed by atoms with Gasteiger partial charge >= 0.3 is 0 Å². The number of nitrogens with one attached hydrogen (secondary N) is 2. The zero-order valence-electron chi connectivity index (χ0n) is 15.1. The first-order valence-electron chi connectivity index (χ1n) is 8.63. The van der Waals surface area contributed by atoms with Crippen LogP contribution in [0.2, 0.25) is 5.02 Å². The highest BCUT2D eigenvalue weighted by atomic mass is 35.5. The number of thiazole rings is 1. The smallest absolute Gasteiger partial charge is 0.253 e. The quantitative estimate of drug-likeness (QED) is 0.566. The molecule has 1 aromatic carbocycles. The number of amides is 2. The van der Waals surface area contributed by atoms with Gasteiger partial charge in [-0.1, -0.05) is 29.8 Å². The van der Waals surface area contributed by atoms with Gasteiger partial charge in [0.05, 0.1) is 22.3 Å². The average Bonchev–Trinajstić information content (AvgIpc) is 3.25. The highest BCUT2D eigenvalue weighted by Crippen LogP contribution is 2.25. The van der Waals surface area contributed by atoms with E-state index < -0.39 is 17.9 Å². The number of benzene rings is 1. The predicted octanol–water partition coefficient (Wildman–Crippen LogP) is 2.84. The fourth-order valence-electron chi connectivity index (χ4n) is 2.59. The summed E-state index contributed by atoms with van der Waals surface area (Å²) in [5.41, 5.74) is 1.70. The van der Waals surface area contributed by atoms with E-state index in [1.807, 2.05) is 24.3 Å². The highest BCUT2D eigenvalue weighted by molar-refractivity contribution is 7.09. The van der Waals surface area contributed by atoms with Gasteiger partial charge in [0.25, 0.3) is 5.91 Å². The topological polar surface area (TPSA) is 108 Å². The summed E-state index contributed by atoms with van der Waals surface area (Å²) in [5.74, 6) is -0.896. The van der Waals surface area contributed by atoms with E-state index in [1.165, 1.54) is 17.5 Å². The molecule has 1 atom stereocenters. The lowest BCUT2D eigenvalue weighted by Crippen LogP contribution is -2.48. The second kappa shape index (κ2) is 9.78. The molecule has 146 valence electrons. The van der Waals surface area contributed by atoms with Crippen molar-refractivity contribution in [1.82, 2.24) is 20.6 Å². The molecule has 0 saturated carbocycles. The fourth-order valence-corrected chi connectivity index (χ4v) is 3.48. The molecule has 0 bridgehead atoms. The summed E-state index contributed by atoms with van der Waals surface area (Å²) >= 11 is 7.57. The van der Waals surface area contributed by atoms with E-state index in [0.717, 1.165) is 5.56 Å². The Bertz CT molecular complexity index is 1030. The van der Waals surface area contributed by atoms with Crippen molar-refractivity contribution in [3.8, 4) is 17.3 Å². The minimum atomic E-state index is -0.856. The SMILES string of the molecule is N#CCNC(=O)C(Cc1nccs1)NC(=O)c1ccc(-c2ccccc2Cl)nc1. The maximum absolute atomic E-state index is 12.6. The van der Waals surface area contributed by atoms with Gasteiger partial charge in [-0.05, 0) is 18.2 Å². The van der Waals surface area contributed by atoms with Gasteiger partial charge < -0.3 is 10.6 Å². The monoisotopic (exact) mass is 425 g/mol. The molecule has 3 aromatic rings. The van der Waals surface area contributed by atoms with E-state index in [1.54, 1.807) is 29.8 Å². The standard InChI is InChI=1S/C20H16ClN5O2S/c21-15-4-2-1-3-14(15)16-6-5-13(12-25-16)19(27)26-17(20(28)24-8-7-22)11-18-23-9-10-29-18/h1-6,9-10,12,17H,8,11H2,(H,24,28)(H,26,27). The van der Waals surface area contributed by atoms with Crippen LogP contribution in [0, 0.1) is 11.3 Å². The van der Waals surface area contributed by atoms with Crippen molar-refractivity contribution in [2.75, 3.05) is 6.54 Å². The van der Waals surface area contributed by atoms with Gasteiger partial charge in [-0.2, -0.15) is 5.26 Å². The fraction of sp³-hybridized carbons (Fsp3) is 0.150. The molecule has 3 rings (SSSR count). The molecule has 0 fully saturated rings. The number of aromatic nitrogens is 2. The Morgan fingerprint density at radius 3 is 2.69 bits per heavy atom. The Hall–Kier alpha value is -3.28. The van der Waals surface area contributed by atoms with Crippen LogP contribution in [-0.4, -0.2) is 34.4 Å². The molecule has 0 aliphatic rings. The molecule has 2 amide bonds. The first-order valence-corrected chi connectivity index (χ1v) is 9.89. The summed E-state index contributed by atoms with van der Waals surface area (Å²) in [7, 11) is 0. The molecule has 7 nitrogen and oxygen atoms in total. The highest BCUT2D eigenvalue weighted by Gasteiger charge is 2.23. The zero-order valence-corrected chi connectivity index (χ0v) is 16.7. The van der Waals surface area contributed by atoms with Gasteiger partial charge in [-0.3, -0.25) is 14.6 Å². The van der Waals surface area contributed by atoms with Crippen molar-refractivity contribution < 1.29 is 9.59 Å². The van der Waals surface area contributed by atoms with E-state index in [-0.39, 0.29) is 13.0 Å². The number of rotatable bonds is 7. The van der Waals surface area contributed by atoms with Gasteiger partial charge in [0.1, 0.15) is 12.6 Å². The van der Waals surface area contributed by atoms with Crippen molar-refractivity contribution in [3.05, 3.63) is 69.8 Å². The van der Waals surface area contributed by atoms with Crippen LogP contribution in [0.5, 0.6) is 0 Å². The summed E-state index contributed by atoms with van der Waals surface area (Å²) < 4.78 is 0. The molecule has 1 unspecified atom stereocenters. The first-order chi connectivity index (χ1) is 14.1. The molecular weight excluding hydrogens is 410 g/mol. The summed E-state index contributed by atoms with van der Waals surface area (Å²) in [5, 5.41) is 16.9. The van der Waals surface area contributed by atoms with Crippen molar-refractivity contribution >= 4 is 34.8 Å². The zero-order chi connectivity index (χ0) is 20.6. The van der Waals surface area contributed by atoms with Gasteiger partial charge in [0.2, 0.25) is 5.91 Å². The Morgan fingerprint density at radius 2 is 2.03 bits per heavy atom. The van der Waals surface area contributed by atoms with Crippen LogP contribution in [0.1, 0.15) is 15.4 Å². The van der Waals surface area contributed by atoms with E-state index in [2.05, 4.69) is 20.6 Å². The molecule has 0 saturated heterocycles. The Labute approximate surface area is 176 Å². The second-order valence-electron chi connectivity index (χ2n) is 5.94. The first kappa shape index (κ1) is 20.5. The third-order valence-electron chi connectivity index (χ3n) is 4.00. The minimum absolute atomic E-state index is 0.142. The van der Waals surface area contributed by atoms with Crippen LogP contribution in [0.4, 0.5) is 0 Å². The van der Waals surface area contributed by atoms with E-state index in [9.17, 15) is 9.59 Å². The molecule has 0 aliphatic heterocycles. The van der Waals surface area contributed by atoms with Crippen molar-refractivity contribution in [2.24, 2.45) is 0 Å². The molecule has 9 heteroatoms. The molecule has 2 heterocycles. The third-order valence-corrected chi connectivity index (χ3v) is 5.13. The van der Waals surface area contributed by atoms with Crippen LogP contribution in [0.15, 0.2) is 54.2 Å². The van der Waals surface area contributed by atoms with Gasteiger partial charge in [-0.25, -0.2) is 4.98 Å². The lowest BCUT2D eigenvalue weighted by Gasteiger charge is -2.17. The van der Waals surface area contributed by atoms with Crippen LogP contribution >= 0.6 is 22.9 Å². The molecular formula is C20H16ClN5O2S. The maximum atomic E-state index is 12.6. The van der Waals surface area contributed by atoms with Crippen molar-refractivity contribution in [2.45, 2.75) is 12.5 Å². The van der Waals surface area contributed by atoms with Crippen LogP contribution < -0.4 is 10.6 Å². The lowest BCUT2D eigenvalue weighted by atomic mass is 10.1. The number of hydrogen-bond acceptors (Lipinski definition) is 6. The summed E-state index contributed by atoms with van der Waals surface area (Å²) in [4.78, 5) is 33.4. The largest absolute Gasteiger partial charge is 0.341 e. The van der Waals surface area contributed by atoms with Gasteiger partial charge in [0.15, 0.2) is 0 Å². The number of carbonyl (C=O) groups excluding carboxylic acids is 2. The summed E-state index contributed by atoms with van der Waals surface area (Å²) in [6.07, 6.45) is 3.29. The van der Waals surface area contributed by atoms with Crippen LogP contribution in [0.25, 0.3) is 11.3 Å². The van der Waals surface area contributed by atoms with Crippen molar-refractivity contribution in [1.29, 1.82) is 5.26 Å². The number of halogens is 1. The molecule has 0 aliphatic carbocycles. The average molecular weight is 426 g/mol. The maximum Gasteiger partial charge on any atom is 0.253 e. The number of pyridine rings is 1. The van der Waals surface area contributed by atoms with Gasteiger partial charge in [0, 0.05) is 34.8 Å². The van der Waals surface area contributed by atoms with E-state index >= 15 is 0 Å². The Morgan fingerprint density at radius 1 is 1.21 bits per heavy atom. The van der Waals surface area contributed by atoms with E-state index in [0.29, 0.717) is 21.3 Å². The number of hydrogen-bond donors (Lipinski definition) is 2.